The summed E-state index contributed by atoms with van der Waals surface area (Å²) in [5.41, 5.74) is 1.09. The average Bonchev–Trinajstić information content (AvgIpc) is 2.79. The highest BCUT2D eigenvalue weighted by atomic mass is 32.1. The van der Waals surface area contributed by atoms with E-state index in [2.05, 4.69) is 10.6 Å². The Morgan fingerprint density at radius 2 is 1.95 bits per heavy atom. The van der Waals surface area contributed by atoms with Crippen molar-refractivity contribution >= 4 is 28.3 Å². The minimum absolute atomic E-state index is 0.113. The summed E-state index contributed by atoms with van der Waals surface area (Å²) in [6.07, 6.45) is 0. The van der Waals surface area contributed by atoms with Crippen molar-refractivity contribution in [3.8, 4) is 0 Å². The van der Waals surface area contributed by atoms with Crippen molar-refractivity contribution in [3.05, 3.63) is 52.4 Å². The van der Waals surface area contributed by atoms with Crippen molar-refractivity contribution in [2.75, 3.05) is 5.32 Å². The highest BCUT2D eigenvalue weighted by molar-refractivity contribution is 7.16. The Kier molecular flexibility index (Phi) is 4.37. The zero-order valence-electron chi connectivity index (χ0n) is 10.8. The van der Waals surface area contributed by atoms with E-state index < -0.39 is 12.0 Å². The van der Waals surface area contributed by atoms with Crippen molar-refractivity contribution < 1.29 is 14.7 Å². The van der Waals surface area contributed by atoms with Crippen LogP contribution < -0.4 is 10.6 Å². The number of aryl methyl sites for hydroxylation is 1. The van der Waals surface area contributed by atoms with Crippen LogP contribution in [0.5, 0.6) is 0 Å². The van der Waals surface area contributed by atoms with Gasteiger partial charge < -0.3 is 10.4 Å². The van der Waals surface area contributed by atoms with Gasteiger partial charge in [0.15, 0.2) is 0 Å². The molecule has 0 bridgehead atoms. The van der Waals surface area contributed by atoms with Crippen molar-refractivity contribution in [1.82, 2.24) is 5.32 Å². The second-order valence-electron chi connectivity index (χ2n) is 4.20. The molecule has 0 fully saturated rings. The highest BCUT2D eigenvalue weighted by Gasteiger charge is 2.15. The molecule has 0 aliphatic rings. The molecule has 1 heterocycles. The smallest absolute Gasteiger partial charge is 0.338 e. The third-order valence-corrected chi connectivity index (χ3v) is 3.57. The monoisotopic (exact) mass is 290 g/mol. The lowest BCUT2D eigenvalue weighted by Crippen LogP contribution is -2.28. The van der Waals surface area contributed by atoms with Crippen LogP contribution in [0.3, 0.4) is 0 Å². The van der Waals surface area contributed by atoms with Gasteiger partial charge in [0, 0.05) is 11.4 Å². The van der Waals surface area contributed by atoms with Gasteiger partial charge in [-0.05, 0) is 18.6 Å². The number of nitrogens with one attached hydrogen (secondary N) is 2. The van der Waals surface area contributed by atoms with Crippen LogP contribution >= 0.6 is 11.3 Å². The van der Waals surface area contributed by atoms with Gasteiger partial charge in [0.1, 0.15) is 5.00 Å². The molecule has 6 heteroatoms. The summed E-state index contributed by atoms with van der Waals surface area (Å²) in [5, 5.41) is 14.6. The molecular weight excluding hydrogens is 276 g/mol. The second-order valence-corrected chi connectivity index (χ2v) is 5.45. The van der Waals surface area contributed by atoms with Crippen molar-refractivity contribution in [1.29, 1.82) is 0 Å². The minimum Gasteiger partial charge on any atom is -0.478 e. The number of hydrogen-bond donors (Lipinski definition) is 3. The Bertz CT molecular complexity index is 623. The van der Waals surface area contributed by atoms with E-state index >= 15 is 0 Å². The summed E-state index contributed by atoms with van der Waals surface area (Å²) in [7, 11) is 0. The molecular formula is C14H14N2O3S. The van der Waals surface area contributed by atoms with Crippen LogP contribution in [0, 0.1) is 6.92 Å². The van der Waals surface area contributed by atoms with Gasteiger partial charge >= 0.3 is 12.0 Å². The van der Waals surface area contributed by atoms with Crippen LogP contribution in [0.2, 0.25) is 0 Å². The van der Waals surface area contributed by atoms with Crippen LogP contribution in [-0.2, 0) is 6.54 Å². The molecule has 104 valence electrons. The van der Waals surface area contributed by atoms with Crippen molar-refractivity contribution in [3.63, 3.8) is 0 Å². The number of amides is 2. The number of carbonyl (C=O) groups excluding carboxylic acids is 1. The molecule has 0 spiro atoms. The maximum Gasteiger partial charge on any atom is 0.338 e. The topological polar surface area (TPSA) is 78.4 Å². The number of carbonyl (C=O) groups is 2. The van der Waals surface area contributed by atoms with Gasteiger partial charge in [0.25, 0.3) is 0 Å². The molecule has 0 saturated heterocycles. The van der Waals surface area contributed by atoms with Crippen LogP contribution in [-0.4, -0.2) is 17.1 Å². The molecule has 0 unspecified atom stereocenters. The number of rotatable bonds is 4. The fourth-order valence-corrected chi connectivity index (χ4v) is 2.59. The number of benzene rings is 1. The molecule has 0 aliphatic heterocycles. The van der Waals surface area contributed by atoms with Gasteiger partial charge in [-0.25, -0.2) is 9.59 Å². The number of carboxylic acids is 1. The van der Waals surface area contributed by atoms with Crippen LogP contribution in [0.1, 0.15) is 20.8 Å². The first-order chi connectivity index (χ1) is 9.56. The number of thiophene rings is 1. The van der Waals surface area contributed by atoms with E-state index in [-0.39, 0.29) is 5.56 Å². The normalized spacial score (nSPS) is 10.1. The van der Waals surface area contributed by atoms with Crippen LogP contribution in [0.25, 0.3) is 0 Å². The number of hydrogen-bond acceptors (Lipinski definition) is 3. The largest absolute Gasteiger partial charge is 0.478 e. The van der Waals surface area contributed by atoms with Gasteiger partial charge in [-0.1, -0.05) is 30.3 Å². The quantitative estimate of drug-likeness (QED) is 0.809. The Morgan fingerprint density at radius 1 is 1.25 bits per heavy atom. The van der Waals surface area contributed by atoms with Gasteiger partial charge in [-0.2, -0.15) is 0 Å². The molecule has 1 aromatic carbocycles. The first-order valence-electron chi connectivity index (χ1n) is 5.99. The Labute approximate surface area is 120 Å². The second kappa shape index (κ2) is 6.21. The fourth-order valence-electron chi connectivity index (χ4n) is 1.69. The first kappa shape index (κ1) is 14.1. The molecule has 5 nitrogen and oxygen atoms in total. The predicted octanol–water partition coefficient (Wildman–Crippen LogP) is 3.08. The molecule has 20 heavy (non-hydrogen) atoms. The van der Waals surface area contributed by atoms with E-state index in [4.69, 9.17) is 5.11 Å². The van der Waals surface area contributed by atoms with E-state index in [0.717, 1.165) is 10.4 Å². The summed E-state index contributed by atoms with van der Waals surface area (Å²) in [4.78, 5) is 23.6. The van der Waals surface area contributed by atoms with E-state index in [1.54, 1.807) is 13.0 Å². The molecule has 0 saturated carbocycles. The Balaban J connectivity index is 1.96. The summed E-state index contributed by atoms with van der Waals surface area (Å²) in [6.45, 7) is 2.18. The molecule has 2 aromatic rings. The number of anilines is 1. The van der Waals surface area contributed by atoms with Crippen LogP contribution in [0.15, 0.2) is 36.4 Å². The summed E-state index contributed by atoms with van der Waals surface area (Å²) >= 11 is 1.24. The highest BCUT2D eigenvalue weighted by Crippen LogP contribution is 2.27. The zero-order valence-corrected chi connectivity index (χ0v) is 11.7. The van der Waals surface area contributed by atoms with E-state index in [1.165, 1.54) is 11.3 Å². The minimum atomic E-state index is -1.05. The van der Waals surface area contributed by atoms with Crippen LogP contribution in [0.4, 0.5) is 9.80 Å². The van der Waals surface area contributed by atoms with Crippen molar-refractivity contribution in [2.45, 2.75) is 13.5 Å². The zero-order chi connectivity index (χ0) is 14.5. The third-order valence-electron chi connectivity index (χ3n) is 2.61. The van der Waals surface area contributed by atoms with E-state index in [0.29, 0.717) is 11.5 Å². The lowest BCUT2D eigenvalue weighted by atomic mass is 10.2. The third kappa shape index (κ3) is 3.58. The summed E-state index contributed by atoms with van der Waals surface area (Å²) in [5.74, 6) is -1.05. The fraction of sp³-hybridized carbons (Fsp3) is 0.143. The molecule has 0 radical (unpaired) electrons. The molecule has 1 aromatic heterocycles. The molecule has 3 N–H and O–H groups in total. The average molecular weight is 290 g/mol. The lowest BCUT2D eigenvalue weighted by molar-refractivity contribution is 0.0698. The molecule has 0 atom stereocenters. The predicted molar refractivity (Wildman–Crippen MR) is 78.3 cm³/mol. The van der Waals surface area contributed by atoms with Gasteiger partial charge in [-0.3, -0.25) is 5.32 Å². The standard InChI is InChI=1S/C14H14N2O3S/c1-9-7-11(13(17)18)12(20-9)16-14(19)15-8-10-5-3-2-4-6-10/h2-7H,8H2,1H3,(H,17,18)(H2,15,16,19). The lowest BCUT2D eigenvalue weighted by Gasteiger charge is -2.07. The summed E-state index contributed by atoms with van der Waals surface area (Å²) in [6, 6.07) is 10.6. The molecule has 2 amide bonds. The van der Waals surface area contributed by atoms with Gasteiger partial charge in [0.2, 0.25) is 0 Å². The maximum atomic E-state index is 11.8. The van der Waals surface area contributed by atoms with Gasteiger partial charge in [0.05, 0.1) is 5.56 Å². The van der Waals surface area contributed by atoms with Gasteiger partial charge in [-0.15, -0.1) is 11.3 Å². The molecule has 2 rings (SSSR count). The maximum absolute atomic E-state index is 11.8. The Hall–Kier alpha value is -2.34. The SMILES string of the molecule is Cc1cc(C(=O)O)c(NC(=O)NCc2ccccc2)s1. The van der Waals surface area contributed by atoms with E-state index in [1.807, 2.05) is 30.3 Å². The Morgan fingerprint density at radius 3 is 2.60 bits per heavy atom. The number of carboxylic acid groups (broad SMARTS) is 1. The summed E-state index contributed by atoms with van der Waals surface area (Å²) < 4.78 is 0. The first-order valence-corrected chi connectivity index (χ1v) is 6.80. The van der Waals surface area contributed by atoms with E-state index in [9.17, 15) is 9.59 Å². The molecule has 0 aliphatic carbocycles. The number of aromatic carboxylic acids is 1. The van der Waals surface area contributed by atoms with Crippen molar-refractivity contribution in [2.24, 2.45) is 0 Å². The number of urea groups is 1.